The highest BCUT2D eigenvalue weighted by molar-refractivity contribution is 9.09. The first kappa shape index (κ1) is 6.54. The van der Waals surface area contributed by atoms with Crippen LogP contribution in [0.3, 0.4) is 0 Å². The summed E-state index contributed by atoms with van der Waals surface area (Å²) in [6, 6.07) is 0. The molecule has 0 spiro atoms. The Labute approximate surface area is 48.9 Å². The highest BCUT2D eigenvalue weighted by atomic mass is 79.9. The molecule has 0 bridgehead atoms. The molecule has 0 rings (SSSR count). The molecule has 0 aliphatic rings. The molecular weight excluding hydrogens is 139 g/mol. The van der Waals surface area contributed by atoms with Crippen LogP contribution in [0.15, 0.2) is 0 Å². The van der Waals surface area contributed by atoms with E-state index >= 15 is 0 Å². The Kier molecular flexibility index (Phi) is 4.06. The molecule has 0 N–H and O–H groups in total. The van der Waals surface area contributed by atoms with Gasteiger partial charge in [0, 0.05) is 0 Å². The number of hydrogen-bond donors (Lipinski definition) is 0. The van der Waals surface area contributed by atoms with E-state index in [9.17, 15) is 0 Å². The van der Waals surface area contributed by atoms with Gasteiger partial charge in [0.1, 0.15) is 0 Å². The zero-order valence-corrected chi connectivity index (χ0v) is 5.53. The van der Waals surface area contributed by atoms with Crippen molar-refractivity contribution in [1.82, 2.24) is 0 Å². The quantitative estimate of drug-likeness (QED) is 0.412. The van der Waals surface area contributed by atoms with Gasteiger partial charge >= 0.3 is 0 Å². The summed E-state index contributed by atoms with van der Waals surface area (Å²) >= 11 is 3.25. The second-order valence-corrected chi connectivity index (χ2v) is 1.97. The van der Waals surface area contributed by atoms with E-state index in [-0.39, 0.29) is 0 Å². The first-order valence-electron chi connectivity index (χ1n) is 2.12. The van der Waals surface area contributed by atoms with Crippen molar-refractivity contribution in [2.24, 2.45) is 0 Å². The molecule has 0 aliphatic carbocycles. The fourth-order valence-electron chi connectivity index (χ4n) is 0.109. The standard InChI is InChI=1S/C4H8BBr/c1-2-4(5)3-6/h4H,2-3H2,1H3. The van der Waals surface area contributed by atoms with Crippen LogP contribution in [-0.4, -0.2) is 13.2 Å². The van der Waals surface area contributed by atoms with Gasteiger partial charge in [0.2, 0.25) is 0 Å². The first-order chi connectivity index (χ1) is 2.81. The summed E-state index contributed by atoms with van der Waals surface area (Å²) in [7, 11) is 5.43. The lowest BCUT2D eigenvalue weighted by molar-refractivity contribution is 0.896. The molecule has 0 aromatic carbocycles. The lowest BCUT2D eigenvalue weighted by atomic mass is 9.88. The summed E-state index contributed by atoms with van der Waals surface area (Å²) in [6.07, 6.45) is 1.06. The second-order valence-electron chi connectivity index (χ2n) is 1.32. The molecule has 0 aromatic heterocycles. The molecule has 0 amide bonds. The van der Waals surface area contributed by atoms with Crippen molar-refractivity contribution < 1.29 is 0 Å². The minimum absolute atomic E-state index is 0.352. The average Bonchev–Trinajstić information content (AvgIpc) is 1.65. The number of rotatable bonds is 2. The van der Waals surface area contributed by atoms with Gasteiger partial charge in [-0.05, 0) is 5.33 Å². The molecular formula is C4H8BBr. The van der Waals surface area contributed by atoms with Gasteiger partial charge in [-0.25, -0.2) is 0 Å². The van der Waals surface area contributed by atoms with E-state index in [2.05, 4.69) is 22.9 Å². The topological polar surface area (TPSA) is 0 Å². The lowest BCUT2D eigenvalue weighted by Crippen LogP contribution is -1.87. The van der Waals surface area contributed by atoms with Gasteiger partial charge in [-0.3, -0.25) is 0 Å². The van der Waals surface area contributed by atoms with E-state index in [4.69, 9.17) is 7.85 Å². The highest BCUT2D eigenvalue weighted by Crippen LogP contribution is 2.05. The third kappa shape index (κ3) is 2.76. The maximum absolute atomic E-state index is 5.43. The highest BCUT2D eigenvalue weighted by Gasteiger charge is 1.90. The minimum atomic E-state index is 0.352. The van der Waals surface area contributed by atoms with Crippen LogP contribution in [0.1, 0.15) is 13.3 Å². The van der Waals surface area contributed by atoms with E-state index in [1.165, 1.54) is 0 Å². The SMILES string of the molecule is [B]C(CC)CBr. The van der Waals surface area contributed by atoms with Gasteiger partial charge in [0.15, 0.2) is 0 Å². The third-order valence-corrected chi connectivity index (χ3v) is 1.55. The molecule has 0 aromatic rings. The predicted octanol–water partition coefficient (Wildman–Crippen LogP) is 1.75. The third-order valence-electron chi connectivity index (χ3n) is 0.723. The summed E-state index contributed by atoms with van der Waals surface area (Å²) in [6.45, 7) is 2.08. The van der Waals surface area contributed by atoms with Gasteiger partial charge < -0.3 is 0 Å². The first-order valence-corrected chi connectivity index (χ1v) is 3.25. The summed E-state index contributed by atoms with van der Waals surface area (Å²) in [4.78, 5) is 0. The van der Waals surface area contributed by atoms with Gasteiger partial charge in [-0.2, -0.15) is 0 Å². The molecule has 6 heavy (non-hydrogen) atoms. The normalized spacial score (nSPS) is 14.3. The van der Waals surface area contributed by atoms with Crippen molar-refractivity contribution in [3.8, 4) is 0 Å². The molecule has 0 saturated heterocycles. The summed E-state index contributed by atoms with van der Waals surface area (Å²) in [5, 5.41) is 0.920. The Bertz CT molecular complexity index is 26.7. The maximum Gasteiger partial charge on any atom is 0.0710 e. The maximum atomic E-state index is 5.43. The van der Waals surface area contributed by atoms with E-state index in [1.807, 2.05) is 0 Å². The van der Waals surface area contributed by atoms with Crippen LogP contribution in [0.25, 0.3) is 0 Å². The van der Waals surface area contributed by atoms with Crippen LogP contribution in [-0.2, 0) is 0 Å². The lowest BCUT2D eigenvalue weighted by Gasteiger charge is -1.97. The molecule has 0 aliphatic heterocycles. The van der Waals surface area contributed by atoms with Crippen molar-refractivity contribution in [3.63, 3.8) is 0 Å². The van der Waals surface area contributed by atoms with Gasteiger partial charge in [-0.15, -0.1) is 0 Å². The van der Waals surface area contributed by atoms with Gasteiger partial charge in [-0.1, -0.05) is 35.1 Å². The Morgan fingerprint density at radius 2 is 2.33 bits per heavy atom. The fraction of sp³-hybridized carbons (Fsp3) is 1.00. The predicted molar refractivity (Wildman–Crippen MR) is 33.6 cm³/mol. The van der Waals surface area contributed by atoms with E-state index < -0.39 is 0 Å². The average molecular weight is 147 g/mol. The molecule has 2 heteroatoms. The molecule has 34 valence electrons. The van der Waals surface area contributed by atoms with Crippen LogP contribution in [0.5, 0.6) is 0 Å². The smallest absolute Gasteiger partial charge is 0.0710 e. The van der Waals surface area contributed by atoms with Crippen molar-refractivity contribution in [3.05, 3.63) is 0 Å². The molecule has 0 saturated carbocycles. The Morgan fingerprint density at radius 1 is 1.83 bits per heavy atom. The van der Waals surface area contributed by atoms with Crippen LogP contribution in [0.4, 0.5) is 0 Å². The molecule has 0 nitrogen and oxygen atoms in total. The fourth-order valence-corrected chi connectivity index (χ4v) is 0.567. The van der Waals surface area contributed by atoms with Crippen molar-refractivity contribution in [1.29, 1.82) is 0 Å². The van der Waals surface area contributed by atoms with Gasteiger partial charge in [0.05, 0.1) is 7.85 Å². The summed E-state index contributed by atoms with van der Waals surface area (Å²) < 4.78 is 0. The molecule has 0 fully saturated rings. The summed E-state index contributed by atoms with van der Waals surface area (Å²) in [5.41, 5.74) is 0. The molecule has 1 atom stereocenters. The zero-order valence-electron chi connectivity index (χ0n) is 3.95. The van der Waals surface area contributed by atoms with Crippen molar-refractivity contribution in [2.45, 2.75) is 19.2 Å². The molecule has 0 heterocycles. The Hall–Kier alpha value is 0.545. The van der Waals surface area contributed by atoms with Crippen molar-refractivity contribution in [2.75, 3.05) is 5.33 Å². The number of alkyl halides is 1. The second kappa shape index (κ2) is 3.73. The van der Waals surface area contributed by atoms with E-state index in [1.54, 1.807) is 0 Å². The summed E-state index contributed by atoms with van der Waals surface area (Å²) in [5.74, 6) is 0.352. The minimum Gasteiger partial charge on any atom is -0.0933 e. The van der Waals surface area contributed by atoms with Gasteiger partial charge in [0.25, 0.3) is 0 Å². The van der Waals surface area contributed by atoms with Crippen LogP contribution < -0.4 is 0 Å². The van der Waals surface area contributed by atoms with E-state index in [0.717, 1.165) is 11.8 Å². The Morgan fingerprint density at radius 3 is 2.33 bits per heavy atom. The number of halogens is 1. The molecule has 2 radical (unpaired) electrons. The largest absolute Gasteiger partial charge is 0.0933 e. The monoisotopic (exact) mass is 146 g/mol. The van der Waals surface area contributed by atoms with Crippen LogP contribution >= 0.6 is 15.9 Å². The molecule has 1 unspecified atom stereocenters. The Balaban J connectivity index is 2.75. The zero-order chi connectivity index (χ0) is 4.99. The van der Waals surface area contributed by atoms with Crippen LogP contribution in [0.2, 0.25) is 5.82 Å². The van der Waals surface area contributed by atoms with Crippen molar-refractivity contribution >= 4 is 23.8 Å². The number of hydrogen-bond acceptors (Lipinski definition) is 0. The van der Waals surface area contributed by atoms with E-state index in [0.29, 0.717) is 5.82 Å². The van der Waals surface area contributed by atoms with Crippen LogP contribution in [0, 0.1) is 0 Å².